The zero-order valence-corrected chi connectivity index (χ0v) is 13.8. The molecular weight excluding hydrogens is 326 g/mol. The van der Waals surface area contributed by atoms with E-state index in [0.717, 1.165) is 17.4 Å². The molecule has 1 unspecified atom stereocenters. The summed E-state index contributed by atoms with van der Waals surface area (Å²) in [7, 11) is 1.50. The van der Waals surface area contributed by atoms with Crippen LogP contribution in [0.4, 0.5) is 0 Å². The Kier molecular flexibility index (Phi) is 4.99. The van der Waals surface area contributed by atoms with Crippen LogP contribution in [0.15, 0.2) is 38.8 Å². The highest BCUT2D eigenvalue weighted by molar-refractivity contribution is 5.82. The predicted octanol–water partition coefficient (Wildman–Crippen LogP) is 0.838. The predicted molar refractivity (Wildman–Crippen MR) is 92.3 cm³/mol. The van der Waals surface area contributed by atoms with Crippen LogP contribution in [0.2, 0.25) is 0 Å². The molecule has 8 heteroatoms. The Balaban J connectivity index is 1.98. The van der Waals surface area contributed by atoms with Crippen LogP contribution in [-0.4, -0.2) is 47.2 Å². The highest BCUT2D eigenvalue weighted by Crippen LogP contribution is 2.20. The smallest absolute Gasteiger partial charge is 0.335 e. The second-order valence-corrected chi connectivity index (χ2v) is 5.66. The Labute approximate surface area is 143 Å². The maximum absolute atomic E-state index is 12.1. The Morgan fingerprint density at radius 3 is 3.04 bits per heavy atom. The van der Waals surface area contributed by atoms with Crippen LogP contribution in [0.5, 0.6) is 11.6 Å². The Hall–Kier alpha value is -2.87. The summed E-state index contributed by atoms with van der Waals surface area (Å²) in [6, 6.07) is 6.58. The summed E-state index contributed by atoms with van der Waals surface area (Å²) < 4.78 is 11.6. The monoisotopic (exact) mass is 345 g/mol. The van der Waals surface area contributed by atoms with Gasteiger partial charge < -0.3 is 14.6 Å². The molecule has 0 bridgehead atoms. The molecule has 0 radical (unpaired) electrons. The van der Waals surface area contributed by atoms with Crippen LogP contribution >= 0.6 is 0 Å². The lowest BCUT2D eigenvalue weighted by atomic mass is 10.2. The topological polar surface area (TPSA) is 106 Å². The van der Waals surface area contributed by atoms with Gasteiger partial charge in [0.1, 0.15) is 11.3 Å². The van der Waals surface area contributed by atoms with E-state index in [2.05, 4.69) is 9.98 Å². The third-order valence-corrected chi connectivity index (χ3v) is 3.99. The van der Waals surface area contributed by atoms with E-state index in [0.29, 0.717) is 24.6 Å². The first-order valence-electron chi connectivity index (χ1n) is 7.94. The number of ether oxygens (including phenoxy) is 2. The van der Waals surface area contributed by atoms with Gasteiger partial charge in [0.2, 0.25) is 5.88 Å². The number of benzene rings is 1. The van der Waals surface area contributed by atoms with Gasteiger partial charge in [-0.05, 0) is 25.0 Å². The first kappa shape index (κ1) is 17.0. The van der Waals surface area contributed by atoms with Gasteiger partial charge in [0, 0.05) is 18.9 Å². The van der Waals surface area contributed by atoms with Gasteiger partial charge in [-0.1, -0.05) is 6.07 Å². The highest BCUT2D eigenvalue weighted by Gasteiger charge is 2.16. The number of aliphatic imine (C=N–C) groups is 1. The second-order valence-electron chi connectivity index (χ2n) is 5.66. The molecular formula is C17H19N3O5. The summed E-state index contributed by atoms with van der Waals surface area (Å²) in [5, 5.41) is 10.4. The number of hydrogen-bond donors (Lipinski definition) is 2. The zero-order valence-electron chi connectivity index (χ0n) is 13.8. The lowest BCUT2D eigenvalue weighted by Crippen LogP contribution is -2.31. The van der Waals surface area contributed by atoms with Gasteiger partial charge in [0.15, 0.2) is 0 Å². The van der Waals surface area contributed by atoms with Gasteiger partial charge in [0.25, 0.3) is 5.56 Å². The summed E-state index contributed by atoms with van der Waals surface area (Å²) >= 11 is 0. The number of nitrogens with zero attached hydrogens (tertiary/aromatic N) is 2. The number of aromatic hydroxyl groups is 1. The van der Waals surface area contributed by atoms with Crippen molar-refractivity contribution in [3.63, 3.8) is 0 Å². The van der Waals surface area contributed by atoms with E-state index in [1.807, 2.05) is 0 Å². The van der Waals surface area contributed by atoms with Gasteiger partial charge in [-0.25, -0.2) is 9.36 Å². The fourth-order valence-electron chi connectivity index (χ4n) is 2.69. The average molecular weight is 345 g/mol. The van der Waals surface area contributed by atoms with Crippen molar-refractivity contribution in [2.75, 3.05) is 20.3 Å². The molecule has 3 rings (SSSR count). The molecule has 2 heterocycles. The summed E-state index contributed by atoms with van der Waals surface area (Å²) in [4.78, 5) is 30.5. The molecule has 0 saturated carbocycles. The molecule has 8 nitrogen and oxygen atoms in total. The largest absolute Gasteiger partial charge is 0.497 e. The number of aromatic nitrogens is 2. The Morgan fingerprint density at radius 1 is 1.48 bits per heavy atom. The summed E-state index contributed by atoms with van der Waals surface area (Å²) in [5.41, 5.74) is -1.16. The molecule has 1 atom stereocenters. The Morgan fingerprint density at radius 2 is 2.32 bits per heavy atom. The summed E-state index contributed by atoms with van der Waals surface area (Å²) in [6.45, 7) is 1.11. The fraction of sp³-hybridized carbons (Fsp3) is 0.353. The molecule has 1 aliphatic rings. The minimum atomic E-state index is -0.743. The molecule has 1 aromatic heterocycles. The van der Waals surface area contributed by atoms with E-state index in [1.54, 1.807) is 24.3 Å². The van der Waals surface area contributed by atoms with Crippen molar-refractivity contribution >= 4 is 6.21 Å². The van der Waals surface area contributed by atoms with Gasteiger partial charge in [-0.2, -0.15) is 0 Å². The van der Waals surface area contributed by atoms with Crippen molar-refractivity contribution in [1.82, 2.24) is 9.55 Å². The third kappa shape index (κ3) is 3.63. The quantitative estimate of drug-likeness (QED) is 0.781. The normalized spacial score (nSPS) is 17.2. The van der Waals surface area contributed by atoms with Crippen molar-refractivity contribution < 1.29 is 14.6 Å². The zero-order chi connectivity index (χ0) is 17.8. The molecule has 2 aromatic rings. The number of aromatic amines is 1. The van der Waals surface area contributed by atoms with Crippen LogP contribution in [0.1, 0.15) is 18.4 Å². The third-order valence-electron chi connectivity index (χ3n) is 3.99. The van der Waals surface area contributed by atoms with Crippen molar-refractivity contribution in [2.45, 2.75) is 18.9 Å². The number of rotatable bonds is 5. The van der Waals surface area contributed by atoms with Crippen molar-refractivity contribution in [1.29, 1.82) is 0 Å². The van der Waals surface area contributed by atoms with E-state index >= 15 is 0 Å². The molecule has 1 aromatic carbocycles. The van der Waals surface area contributed by atoms with E-state index in [1.165, 1.54) is 13.3 Å². The molecule has 1 aliphatic heterocycles. The summed E-state index contributed by atoms with van der Waals surface area (Å²) in [6.07, 6.45) is 3.21. The Bertz CT molecular complexity index is 894. The standard InChI is InChI=1S/C17H19N3O5/c1-24-12-5-2-4-11(8-12)20-16(22)14(15(21)19-17(20)23)10-18-9-13-6-3-7-25-13/h2,4-5,8,10,13,22H,3,6-7,9H2,1H3,(H,19,21,23). The van der Waals surface area contributed by atoms with Crippen LogP contribution in [-0.2, 0) is 4.74 Å². The lowest BCUT2D eigenvalue weighted by molar-refractivity contribution is 0.118. The minimum absolute atomic E-state index is 0.0294. The van der Waals surface area contributed by atoms with Gasteiger partial charge >= 0.3 is 5.69 Å². The van der Waals surface area contributed by atoms with Crippen LogP contribution in [0, 0.1) is 0 Å². The number of H-pyrrole nitrogens is 1. The molecule has 2 N–H and O–H groups in total. The van der Waals surface area contributed by atoms with E-state index in [-0.39, 0.29) is 11.7 Å². The van der Waals surface area contributed by atoms with Crippen LogP contribution < -0.4 is 16.0 Å². The number of nitrogens with one attached hydrogen (secondary N) is 1. The maximum Gasteiger partial charge on any atom is 0.335 e. The SMILES string of the molecule is COc1cccc(-n2c(O)c(C=NCC3CCCO3)c(=O)[nH]c2=O)c1. The maximum atomic E-state index is 12.1. The van der Waals surface area contributed by atoms with E-state index in [4.69, 9.17) is 9.47 Å². The first-order chi connectivity index (χ1) is 12.1. The molecule has 25 heavy (non-hydrogen) atoms. The molecule has 0 aliphatic carbocycles. The summed E-state index contributed by atoms with van der Waals surface area (Å²) in [5.74, 6) is 0.0432. The van der Waals surface area contributed by atoms with Gasteiger partial charge in [0.05, 0.1) is 25.4 Å². The van der Waals surface area contributed by atoms with Gasteiger partial charge in [-0.3, -0.25) is 14.8 Å². The van der Waals surface area contributed by atoms with E-state index < -0.39 is 17.1 Å². The van der Waals surface area contributed by atoms with Crippen molar-refractivity contribution in [3.05, 3.63) is 50.7 Å². The molecule has 0 spiro atoms. The van der Waals surface area contributed by atoms with Gasteiger partial charge in [-0.15, -0.1) is 0 Å². The first-order valence-corrected chi connectivity index (χ1v) is 7.94. The van der Waals surface area contributed by atoms with Crippen LogP contribution in [0.3, 0.4) is 0 Å². The minimum Gasteiger partial charge on any atom is -0.497 e. The molecule has 1 saturated heterocycles. The lowest BCUT2D eigenvalue weighted by Gasteiger charge is -2.11. The van der Waals surface area contributed by atoms with Crippen LogP contribution in [0.25, 0.3) is 5.69 Å². The van der Waals surface area contributed by atoms with E-state index in [9.17, 15) is 14.7 Å². The second kappa shape index (κ2) is 7.35. The van der Waals surface area contributed by atoms with Crippen molar-refractivity contribution in [2.24, 2.45) is 4.99 Å². The average Bonchev–Trinajstić information content (AvgIpc) is 3.11. The number of methoxy groups -OCH3 is 1. The fourth-order valence-corrected chi connectivity index (χ4v) is 2.69. The molecule has 1 fully saturated rings. The highest BCUT2D eigenvalue weighted by atomic mass is 16.5. The molecule has 0 amide bonds. The van der Waals surface area contributed by atoms with Crippen molar-refractivity contribution in [3.8, 4) is 17.3 Å². The number of hydrogen-bond acceptors (Lipinski definition) is 6. The molecule has 132 valence electrons.